The van der Waals surface area contributed by atoms with Gasteiger partial charge in [0, 0.05) is 5.75 Å². The number of aromatic amines is 1. The molecular weight excluding hydrogens is 418 g/mol. The number of H-pyrrole nitrogens is 1. The summed E-state index contributed by atoms with van der Waals surface area (Å²) in [6, 6.07) is 7.31. The molecule has 1 unspecified atom stereocenters. The van der Waals surface area contributed by atoms with Crippen molar-refractivity contribution in [3.8, 4) is 5.75 Å². The Kier molecular flexibility index (Phi) is 5.96. The molecule has 1 fully saturated rings. The minimum Gasteiger partial charge on any atom is -0.497 e. The molecule has 3 heterocycles. The van der Waals surface area contributed by atoms with Gasteiger partial charge < -0.3 is 20.4 Å². The summed E-state index contributed by atoms with van der Waals surface area (Å²) >= 11 is 0. The third-order valence-electron chi connectivity index (χ3n) is 5.53. The Morgan fingerprint density at radius 2 is 1.94 bits per heavy atom. The third-order valence-corrected chi connectivity index (χ3v) is 7.17. The van der Waals surface area contributed by atoms with Crippen molar-refractivity contribution in [1.82, 2.24) is 24.4 Å². The fourth-order valence-corrected chi connectivity index (χ4v) is 5.03. The quantitative estimate of drug-likeness (QED) is 0.447. The molecule has 1 saturated heterocycles. The van der Waals surface area contributed by atoms with Gasteiger partial charge in [-0.2, -0.15) is 4.98 Å². The summed E-state index contributed by atoms with van der Waals surface area (Å²) in [5, 5.41) is -0.124. The lowest BCUT2D eigenvalue weighted by Crippen LogP contribution is -2.23. The second kappa shape index (κ2) is 8.67. The molecule has 1 aliphatic rings. The van der Waals surface area contributed by atoms with Gasteiger partial charge in [0.2, 0.25) is 5.16 Å². The zero-order valence-electron chi connectivity index (χ0n) is 17.5. The first-order chi connectivity index (χ1) is 14.9. The van der Waals surface area contributed by atoms with E-state index in [0.717, 1.165) is 25.2 Å². The Hall–Kier alpha value is -2.92. The van der Waals surface area contributed by atoms with Crippen LogP contribution in [0.3, 0.4) is 0 Å². The Morgan fingerprint density at radius 3 is 2.61 bits per heavy atom. The van der Waals surface area contributed by atoms with E-state index in [1.165, 1.54) is 17.4 Å². The lowest BCUT2D eigenvalue weighted by atomic mass is 10.2. The van der Waals surface area contributed by atoms with Crippen molar-refractivity contribution in [3.05, 3.63) is 40.3 Å². The molecule has 0 aliphatic carbocycles. The number of nitrogens with one attached hydrogen (secondary N) is 2. The molecule has 11 heteroatoms. The lowest BCUT2D eigenvalue weighted by Gasteiger charge is -2.14. The number of fused-ring (bicyclic) bond motifs is 1. The number of hydrogen-bond acceptors (Lipinski definition) is 8. The molecule has 4 N–H and O–H groups in total. The van der Waals surface area contributed by atoms with Crippen LogP contribution in [0.4, 0.5) is 5.82 Å². The Labute approximate surface area is 180 Å². The summed E-state index contributed by atoms with van der Waals surface area (Å²) in [4.78, 5) is 26.0. The molecule has 0 radical (unpaired) electrons. The van der Waals surface area contributed by atoms with Crippen LogP contribution in [0.25, 0.3) is 11.2 Å². The van der Waals surface area contributed by atoms with Crippen LogP contribution in [0.15, 0.2) is 34.2 Å². The van der Waals surface area contributed by atoms with Crippen LogP contribution in [0.1, 0.15) is 24.8 Å². The maximum absolute atomic E-state index is 13.1. The zero-order valence-corrected chi connectivity index (χ0v) is 18.3. The first-order valence-corrected chi connectivity index (χ1v) is 12.0. The van der Waals surface area contributed by atoms with E-state index in [1.807, 2.05) is 12.1 Å². The van der Waals surface area contributed by atoms with E-state index in [-0.39, 0.29) is 34.4 Å². The Morgan fingerprint density at radius 1 is 1.23 bits per heavy atom. The highest BCUT2D eigenvalue weighted by atomic mass is 32.2. The number of rotatable bonds is 8. The summed E-state index contributed by atoms with van der Waals surface area (Å²) in [6.45, 7) is 3.15. The molecule has 0 spiro atoms. The molecular formula is C20H27N7O3S. The second-order valence-corrected chi connectivity index (χ2v) is 9.86. The van der Waals surface area contributed by atoms with Crippen molar-refractivity contribution in [2.24, 2.45) is 0 Å². The van der Waals surface area contributed by atoms with Crippen LogP contribution in [-0.2, 0) is 16.3 Å². The number of nitrogens with zero attached hydrogens (tertiary/aromatic N) is 4. The van der Waals surface area contributed by atoms with Crippen LogP contribution >= 0.6 is 0 Å². The van der Waals surface area contributed by atoms with Gasteiger partial charge in [0.15, 0.2) is 11.5 Å². The second-order valence-electron chi connectivity index (χ2n) is 7.74. The molecule has 3 aromatic rings. The van der Waals surface area contributed by atoms with Crippen LogP contribution in [0.2, 0.25) is 0 Å². The summed E-state index contributed by atoms with van der Waals surface area (Å²) in [7, 11) is -1.64. The van der Waals surface area contributed by atoms with Crippen LogP contribution in [-0.4, -0.2) is 61.1 Å². The number of ether oxygens (including phenoxy) is 1. The van der Waals surface area contributed by atoms with Crippen LogP contribution < -0.4 is 16.2 Å². The predicted octanol–water partition coefficient (Wildman–Crippen LogP) is 1.65. The molecule has 0 amide bonds. The monoisotopic (exact) mass is 445 g/mol. The molecule has 2 aromatic heterocycles. The maximum Gasteiger partial charge on any atom is 0.328 e. The van der Waals surface area contributed by atoms with Gasteiger partial charge in [0.05, 0.1) is 13.7 Å². The van der Waals surface area contributed by atoms with Crippen LogP contribution in [0, 0.1) is 4.78 Å². The molecule has 0 saturated carbocycles. The van der Waals surface area contributed by atoms with Gasteiger partial charge in [0.1, 0.15) is 21.0 Å². The number of aromatic nitrogens is 4. The Balaban J connectivity index is 1.61. The molecule has 1 aromatic carbocycles. The summed E-state index contributed by atoms with van der Waals surface area (Å²) in [5.41, 5.74) is 7.03. The number of imidazole rings is 1. The van der Waals surface area contributed by atoms with Gasteiger partial charge in [-0.05, 0) is 56.6 Å². The van der Waals surface area contributed by atoms with Crippen molar-refractivity contribution < 1.29 is 8.95 Å². The van der Waals surface area contributed by atoms with E-state index < -0.39 is 15.4 Å². The summed E-state index contributed by atoms with van der Waals surface area (Å²) in [6.07, 6.45) is 2.99. The standard InChI is InChI=1S/C20H27N7O3S/c1-30-15-7-5-14(6-8-15)13-27-18-16(23-20(27)28)17(21)24-19(25-18)31(22,29)12-4-11-26-9-2-3-10-26/h5-8,22H,2-4,9-13H2,1H3,(H,23,28)(H2,21,24,25). The van der Waals surface area contributed by atoms with Crippen molar-refractivity contribution in [1.29, 1.82) is 4.78 Å². The molecule has 0 bridgehead atoms. The fourth-order valence-electron chi connectivity index (χ4n) is 3.83. The minimum absolute atomic E-state index is 0.0186. The molecule has 31 heavy (non-hydrogen) atoms. The number of hydrogen-bond donors (Lipinski definition) is 3. The molecule has 1 aliphatic heterocycles. The van der Waals surface area contributed by atoms with E-state index >= 15 is 0 Å². The predicted molar refractivity (Wildman–Crippen MR) is 119 cm³/mol. The normalized spacial score (nSPS) is 16.5. The number of nitrogen functional groups attached to an aromatic ring is 1. The van der Waals surface area contributed by atoms with E-state index in [1.54, 1.807) is 19.2 Å². The van der Waals surface area contributed by atoms with Crippen molar-refractivity contribution >= 4 is 26.7 Å². The SMILES string of the molecule is COc1ccc(Cn2c(=O)[nH]c3c(N)nc(S(=N)(=O)CCCN4CCCC4)nc32)cc1. The van der Waals surface area contributed by atoms with Crippen LogP contribution in [0.5, 0.6) is 5.75 Å². The van der Waals surface area contributed by atoms with Gasteiger partial charge in [0.25, 0.3) is 0 Å². The summed E-state index contributed by atoms with van der Waals surface area (Å²) < 4.78 is 28.0. The Bertz CT molecular complexity index is 1230. The van der Waals surface area contributed by atoms with Gasteiger partial charge in [-0.3, -0.25) is 4.57 Å². The van der Waals surface area contributed by atoms with Crippen molar-refractivity contribution in [2.75, 3.05) is 38.2 Å². The molecule has 4 rings (SSSR count). The minimum atomic E-state index is -3.23. The van der Waals surface area contributed by atoms with E-state index in [0.29, 0.717) is 12.2 Å². The lowest BCUT2D eigenvalue weighted by molar-refractivity contribution is 0.340. The molecule has 166 valence electrons. The highest BCUT2D eigenvalue weighted by molar-refractivity contribution is 7.92. The average Bonchev–Trinajstić information content (AvgIpc) is 3.37. The van der Waals surface area contributed by atoms with Gasteiger partial charge in [-0.25, -0.2) is 18.8 Å². The summed E-state index contributed by atoms with van der Waals surface area (Å²) in [5.74, 6) is 0.888. The number of methoxy groups -OCH3 is 1. The first-order valence-electron chi connectivity index (χ1n) is 10.3. The topological polar surface area (TPSA) is 143 Å². The third kappa shape index (κ3) is 4.57. The fraction of sp³-hybridized carbons (Fsp3) is 0.450. The van der Waals surface area contributed by atoms with Gasteiger partial charge in [-0.1, -0.05) is 12.1 Å². The van der Waals surface area contributed by atoms with E-state index in [4.69, 9.17) is 15.3 Å². The largest absolute Gasteiger partial charge is 0.497 e. The van der Waals surface area contributed by atoms with E-state index in [9.17, 15) is 9.00 Å². The zero-order chi connectivity index (χ0) is 22.0. The van der Waals surface area contributed by atoms with E-state index in [2.05, 4.69) is 19.9 Å². The van der Waals surface area contributed by atoms with Gasteiger partial charge >= 0.3 is 5.69 Å². The number of anilines is 1. The van der Waals surface area contributed by atoms with Crippen molar-refractivity contribution in [3.63, 3.8) is 0 Å². The highest BCUT2D eigenvalue weighted by Gasteiger charge is 2.21. The number of likely N-dealkylation sites (tertiary alicyclic amines) is 1. The molecule has 10 nitrogen and oxygen atoms in total. The molecule has 1 atom stereocenters. The van der Waals surface area contributed by atoms with Crippen molar-refractivity contribution in [2.45, 2.75) is 31.0 Å². The number of benzene rings is 1. The average molecular weight is 446 g/mol. The maximum atomic E-state index is 13.1. The first kappa shape index (κ1) is 21.3. The number of nitrogens with two attached hydrogens (primary N) is 1. The van der Waals surface area contributed by atoms with Gasteiger partial charge in [-0.15, -0.1) is 0 Å². The highest BCUT2D eigenvalue weighted by Crippen LogP contribution is 2.20. The smallest absolute Gasteiger partial charge is 0.328 e.